The fourth-order valence-electron chi connectivity index (χ4n) is 3.58. The van der Waals surface area contributed by atoms with Crippen LogP contribution in [0.5, 0.6) is 0 Å². The highest BCUT2D eigenvalue weighted by Gasteiger charge is 2.43. The average Bonchev–Trinajstić information content (AvgIpc) is 3.01. The molecule has 1 aromatic heterocycles. The number of halogens is 1. The molecule has 4 rings (SSSR count). The molecule has 1 atom stereocenters. The molecular formula is C19H20FN3O. The van der Waals surface area contributed by atoms with Gasteiger partial charge in [-0.1, -0.05) is 23.4 Å². The van der Waals surface area contributed by atoms with E-state index in [1.54, 1.807) is 6.20 Å². The Morgan fingerprint density at radius 3 is 2.83 bits per heavy atom. The number of oxime groups is 1. The summed E-state index contributed by atoms with van der Waals surface area (Å²) in [5, 5.41) is 4.31. The van der Waals surface area contributed by atoms with Crippen LogP contribution in [0.3, 0.4) is 0 Å². The lowest BCUT2D eigenvalue weighted by atomic mass is 9.87. The molecule has 0 saturated carbocycles. The summed E-state index contributed by atoms with van der Waals surface area (Å²) in [6, 6.07) is 12.6. The SMILES string of the molecule is Fc1ccc(CN2CCCC3(CC(c4ccccn4)=NO3)C2)cc1. The number of rotatable bonds is 3. The van der Waals surface area contributed by atoms with Crippen molar-refractivity contribution < 1.29 is 9.23 Å². The van der Waals surface area contributed by atoms with Gasteiger partial charge in [-0.05, 0) is 49.2 Å². The van der Waals surface area contributed by atoms with E-state index in [2.05, 4.69) is 15.0 Å². The van der Waals surface area contributed by atoms with Gasteiger partial charge in [0.2, 0.25) is 0 Å². The quantitative estimate of drug-likeness (QED) is 0.868. The van der Waals surface area contributed by atoms with Crippen LogP contribution in [-0.4, -0.2) is 34.3 Å². The van der Waals surface area contributed by atoms with Gasteiger partial charge in [0.05, 0.1) is 5.69 Å². The van der Waals surface area contributed by atoms with E-state index in [4.69, 9.17) is 4.84 Å². The van der Waals surface area contributed by atoms with E-state index in [1.165, 1.54) is 12.1 Å². The van der Waals surface area contributed by atoms with Crippen LogP contribution in [0.1, 0.15) is 30.5 Å². The van der Waals surface area contributed by atoms with Gasteiger partial charge in [0.25, 0.3) is 0 Å². The van der Waals surface area contributed by atoms with E-state index in [9.17, 15) is 4.39 Å². The fraction of sp³-hybridized carbons (Fsp3) is 0.368. The molecule has 1 saturated heterocycles. The molecule has 0 amide bonds. The Hall–Kier alpha value is -2.27. The standard InChI is InChI=1S/C19H20FN3O/c20-16-7-5-15(6-8-16)13-23-11-3-9-19(14-23)12-18(22-24-19)17-4-1-2-10-21-17/h1-2,4-8,10H,3,9,11-14H2. The summed E-state index contributed by atoms with van der Waals surface area (Å²) >= 11 is 0. The van der Waals surface area contributed by atoms with Crippen LogP contribution < -0.4 is 0 Å². The number of aromatic nitrogens is 1. The Morgan fingerprint density at radius 2 is 2.04 bits per heavy atom. The molecule has 24 heavy (non-hydrogen) atoms. The molecule has 2 aromatic rings. The largest absolute Gasteiger partial charge is 0.387 e. The third-order valence-corrected chi connectivity index (χ3v) is 4.74. The topological polar surface area (TPSA) is 37.7 Å². The van der Waals surface area contributed by atoms with Crippen LogP contribution in [0.4, 0.5) is 4.39 Å². The molecule has 1 spiro atoms. The van der Waals surface area contributed by atoms with Crippen LogP contribution in [0.25, 0.3) is 0 Å². The first-order valence-corrected chi connectivity index (χ1v) is 8.36. The Morgan fingerprint density at radius 1 is 1.17 bits per heavy atom. The van der Waals surface area contributed by atoms with Gasteiger partial charge in [-0.25, -0.2) is 4.39 Å². The van der Waals surface area contributed by atoms with Gasteiger partial charge in [-0.3, -0.25) is 9.88 Å². The zero-order chi connectivity index (χ0) is 16.4. The first-order valence-electron chi connectivity index (χ1n) is 8.36. The summed E-state index contributed by atoms with van der Waals surface area (Å²) in [7, 11) is 0. The van der Waals surface area contributed by atoms with Crippen LogP contribution in [-0.2, 0) is 11.4 Å². The second kappa shape index (κ2) is 6.32. The molecule has 1 aromatic carbocycles. The molecule has 0 N–H and O–H groups in total. The van der Waals surface area contributed by atoms with Gasteiger partial charge in [-0.15, -0.1) is 0 Å². The predicted octanol–water partition coefficient (Wildman–Crippen LogP) is 3.38. The van der Waals surface area contributed by atoms with Crippen molar-refractivity contribution in [1.82, 2.24) is 9.88 Å². The monoisotopic (exact) mass is 325 g/mol. The summed E-state index contributed by atoms with van der Waals surface area (Å²) in [4.78, 5) is 12.6. The first-order chi connectivity index (χ1) is 11.7. The molecule has 2 aliphatic rings. The van der Waals surface area contributed by atoms with Gasteiger partial charge in [0.15, 0.2) is 5.60 Å². The molecule has 0 bridgehead atoms. The summed E-state index contributed by atoms with van der Waals surface area (Å²) < 4.78 is 13.1. The number of pyridine rings is 1. The highest BCUT2D eigenvalue weighted by molar-refractivity contribution is 6.00. The third-order valence-electron chi connectivity index (χ3n) is 4.74. The van der Waals surface area contributed by atoms with Crippen molar-refractivity contribution in [2.45, 2.75) is 31.4 Å². The summed E-state index contributed by atoms with van der Waals surface area (Å²) in [5.41, 5.74) is 2.70. The van der Waals surface area contributed by atoms with Gasteiger partial charge < -0.3 is 4.84 Å². The molecule has 1 unspecified atom stereocenters. The van der Waals surface area contributed by atoms with E-state index in [1.807, 2.05) is 30.3 Å². The minimum Gasteiger partial charge on any atom is -0.387 e. The van der Waals surface area contributed by atoms with E-state index in [0.29, 0.717) is 0 Å². The minimum atomic E-state index is -0.245. The van der Waals surface area contributed by atoms with Crippen molar-refractivity contribution in [2.24, 2.45) is 5.16 Å². The Kier molecular flexibility index (Phi) is 4.02. The van der Waals surface area contributed by atoms with Crippen molar-refractivity contribution in [1.29, 1.82) is 0 Å². The maximum Gasteiger partial charge on any atom is 0.156 e. The zero-order valence-corrected chi connectivity index (χ0v) is 13.5. The van der Waals surface area contributed by atoms with Crippen molar-refractivity contribution >= 4 is 5.71 Å². The lowest BCUT2D eigenvalue weighted by molar-refractivity contribution is -0.0704. The van der Waals surface area contributed by atoms with Crippen molar-refractivity contribution in [3.8, 4) is 0 Å². The lowest BCUT2D eigenvalue weighted by Gasteiger charge is -2.38. The maximum absolute atomic E-state index is 13.1. The van der Waals surface area contributed by atoms with Gasteiger partial charge in [0, 0.05) is 25.7 Å². The molecule has 0 aliphatic carbocycles. The van der Waals surface area contributed by atoms with Gasteiger partial charge in [-0.2, -0.15) is 0 Å². The number of hydrogen-bond donors (Lipinski definition) is 0. The molecule has 1 fully saturated rings. The Labute approximate surface area is 141 Å². The Bertz CT molecular complexity index is 732. The highest BCUT2D eigenvalue weighted by Crippen LogP contribution is 2.35. The molecule has 5 heteroatoms. The van der Waals surface area contributed by atoms with Gasteiger partial charge >= 0.3 is 0 Å². The van der Waals surface area contributed by atoms with Crippen LogP contribution in [0.15, 0.2) is 53.8 Å². The van der Waals surface area contributed by atoms with Crippen LogP contribution >= 0.6 is 0 Å². The lowest BCUT2D eigenvalue weighted by Crippen LogP contribution is -2.47. The smallest absolute Gasteiger partial charge is 0.156 e. The fourth-order valence-corrected chi connectivity index (χ4v) is 3.58. The van der Waals surface area contributed by atoms with E-state index in [0.717, 1.165) is 55.9 Å². The second-order valence-corrected chi connectivity index (χ2v) is 6.64. The normalized spacial score (nSPS) is 24.0. The summed E-state index contributed by atoms with van der Waals surface area (Å²) in [5.74, 6) is -0.193. The minimum absolute atomic E-state index is 0.193. The third kappa shape index (κ3) is 3.17. The van der Waals surface area contributed by atoms with Gasteiger partial charge in [0.1, 0.15) is 11.5 Å². The maximum atomic E-state index is 13.1. The molecule has 124 valence electrons. The average molecular weight is 325 g/mol. The van der Waals surface area contributed by atoms with E-state index >= 15 is 0 Å². The molecular weight excluding hydrogens is 305 g/mol. The highest BCUT2D eigenvalue weighted by atomic mass is 19.1. The van der Waals surface area contributed by atoms with Crippen molar-refractivity contribution in [3.63, 3.8) is 0 Å². The number of benzene rings is 1. The summed E-state index contributed by atoms with van der Waals surface area (Å²) in [6.45, 7) is 2.68. The molecule has 2 aliphatic heterocycles. The molecule has 0 radical (unpaired) electrons. The zero-order valence-electron chi connectivity index (χ0n) is 13.5. The number of hydrogen-bond acceptors (Lipinski definition) is 4. The second-order valence-electron chi connectivity index (χ2n) is 6.64. The van der Waals surface area contributed by atoms with E-state index < -0.39 is 0 Å². The number of likely N-dealkylation sites (tertiary alicyclic amines) is 1. The first kappa shape index (κ1) is 15.3. The van der Waals surface area contributed by atoms with Crippen molar-refractivity contribution in [3.05, 3.63) is 65.7 Å². The number of nitrogens with zero attached hydrogens (tertiary/aromatic N) is 3. The molecule has 4 nitrogen and oxygen atoms in total. The van der Waals surface area contributed by atoms with E-state index in [-0.39, 0.29) is 11.4 Å². The van der Waals surface area contributed by atoms with Crippen LogP contribution in [0.2, 0.25) is 0 Å². The van der Waals surface area contributed by atoms with Crippen LogP contribution in [0, 0.1) is 5.82 Å². The number of piperidine rings is 1. The summed E-state index contributed by atoms with van der Waals surface area (Å²) in [6.07, 6.45) is 4.66. The predicted molar refractivity (Wildman–Crippen MR) is 90.1 cm³/mol. The molecule has 3 heterocycles. The Balaban J connectivity index is 1.43. The van der Waals surface area contributed by atoms with Crippen molar-refractivity contribution in [2.75, 3.05) is 13.1 Å².